The lowest BCUT2D eigenvalue weighted by Crippen LogP contribution is -2.56. The Labute approximate surface area is 204 Å². The molecule has 36 heavy (non-hydrogen) atoms. The van der Waals surface area contributed by atoms with Gasteiger partial charge in [0.05, 0.1) is 18.6 Å². The van der Waals surface area contributed by atoms with E-state index in [0.29, 0.717) is 6.42 Å². The molecule has 1 aromatic heterocycles. The molecule has 4 heterocycles. The first kappa shape index (κ1) is 24.3. The highest BCUT2D eigenvalue weighted by Crippen LogP contribution is 2.49. The van der Waals surface area contributed by atoms with Crippen molar-refractivity contribution < 1.29 is 33.4 Å². The number of amides is 2. The fourth-order valence-corrected chi connectivity index (χ4v) is 5.64. The summed E-state index contributed by atoms with van der Waals surface area (Å²) in [5.74, 6) is -4.05. The van der Waals surface area contributed by atoms with Gasteiger partial charge >= 0.3 is 0 Å². The summed E-state index contributed by atoms with van der Waals surface area (Å²) in [6.07, 6.45) is 0.681. The highest BCUT2D eigenvalue weighted by Gasteiger charge is 2.61. The molecule has 1 spiro atoms. The van der Waals surface area contributed by atoms with Gasteiger partial charge in [0.2, 0.25) is 5.43 Å². The van der Waals surface area contributed by atoms with Crippen molar-refractivity contribution in [3.05, 3.63) is 63.1 Å². The molecular weight excluding hydrogens is 478 g/mol. The summed E-state index contributed by atoms with van der Waals surface area (Å²) in [5, 5.41) is 23.6. The molecule has 2 saturated heterocycles. The lowest BCUT2D eigenvalue weighted by Gasteiger charge is -2.43. The quantitative estimate of drug-likeness (QED) is 0.568. The van der Waals surface area contributed by atoms with Gasteiger partial charge in [-0.3, -0.25) is 19.2 Å². The number of aliphatic hydroxyl groups excluding tert-OH is 1. The second kappa shape index (κ2) is 8.36. The number of nitrogens with two attached hydrogens (primary N) is 1. The number of rotatable bonds is 3. The van der Waals surface area contributed by atoms with Crippen molar-refractivity contribution in [3.63, 3.8) is 0 Å². The van der Waals surface area contributed by atoms with Gasteiger partial charge < -0.3 is 25.4 Å². The van der Waals surface area contributed by atoms with Crippen LogP contribution in [-0.4, -0.2) is 66.9 Å². The number of aromatic nitrogens is 1. The molecule has 0 radical (unpaired) electrons. The highest BCUT2D eigenvalue weighted by atomic mass is 19.1. The Hall–Kier alpha value is -3.35. The van der Waals surface area contributed by atoms with Gasteiger partial charge in [0.15, 0.2) is 11.4 Å². The van der Waals surface area contributed by atoms with Crippen LogP contribution in [0.25, 0.3) is 0 Å². The summed E-state index contributed by atoms with van der Waals surface area (Å²) in [6.45, 7) is 3.48. The molecular formula is C24H26F2N4O6. The van der Waals surface area contributed by atoms with Crippen molar-refractivity contribution in [3.8, 4) is 5.75 Å². The van der Waals surface area contributed by atoms with Crippen LogP contribution >= 0.6 is 0 Å². The van der Waals surface area contributed by atoms with Crippen LogP contribution in [0.3, 0.4) is 0 Å². The standard InChI is InChI=1S/C24H26F2N4O6/c1-11-5-6-24(21(33)12(2)30(36-24)8-13-3-4-14(25)7-16(13)26)17-10-28(11)23(35)18-20(32)19(31)15(22(27)34)9-29(17)18/h3-4,7,9,11-12,17,21,32-33H,5-6,8,10H2,1-2H3,(H2,27,34)/t11-,12?,17+,21-,24+/m0/s1. The molecule has 3 aliphatic rings. The predicted molar refractivity (Wildman–Crippen MR) is 121 cm³/mol. The van der Waals surface area contributed by atoms with Crippen LogP contribution in [-0.2, 0) is 11.4 Å². The number of primary amides is 1. The van der Waals surface area contributed by atoms with Gasteiger partial charge in [0.1, 0.15) is 28.9 Å². The topological polar surface area (TPSA) is 138 Å². The van der Waals surface area contributed by atoms with E-state index in [-0.39, 0.29) is 36.8 Å². The molecule has 3 aliphatic heterocycles. The zero-order valence-corrected chi connectivity index (χ0v) is 19.6. The van der Waals surface area contributed by atoms with Crippen molar-refractivity contribution in [2.24, 2.45) is 5.73 Å². The number of hydrogen-bond acceptors (Lipinski definition) is 7. The predicted octanol–water partition coefficient (Wildman–Crippen LogP) is 1.05. The third kappa shape index (κ3) is 3.43. The van der Waals surface area contributed by atoms with Gasteiger partial charge in [0, 0.05) is 30.4 Å². The van der Waals surface area contributed by atoms with E-state index in [1.807, 2.05) is 6.92 Å². The summed E-state index contributed by atoms with van der Waals surface area (Å²) in [5.41, 5.74) is 2.27. The van der Waals surface area contributed by atoms with E-state index in [0.717, 1.165) is 18.3 Å². The number of hydroxylamine groups is 2. The highest BCUT2D eigenvalue weighted by molar-refractivity contribution is 5.99. The maximum absolute atomic E-state index is 14.4. The third-order valence-corrected chi connectivity index (χ3v) is 7.73. The van der Waals surface area contributed by atoms with E-state index in [1.54, 1.807) is 6.92 Å². The van der Waals surface area contributed by atoms with Gasteiger partial charge in [-0.2, -0.15) is 5.06 Å². The van der Waals surface area contributed by atoms with E-state index >= 15 is 0 Å². The molecule has 0 saturated carbocycles. The van der Waals surface area contributed by atoms with Crippen molar-refractivity contribution in [1.82, 2.24) is 14.5 Å². The Morgan fingerprint density at radius 3 is 2.67 bits per heavy atom. The molecule has 10 nitrogen and oxygen atoms in total. The lowest BCUT2D eigenvalue weighted by atomic mass is 9.81. The van der Waals surface area contributed by atoms with Crippen LogP contribution in [0.5, 0.6) is 5.75 Å². The number of carbonyl (C=O) groups excluding carboxylic acids is 2. The maximum Gasteiger partial charge on any atom is 0.274 e. The number of aliphatic hydroxyl groups is 1. The first-order valence-corrected chi connectivity index (χ1v) is 11.6. The van der Waals surface area contributed by atoms with Crippen LogP contribution in [0.15, 0.2) is 29.2 Å². The van der Waals surface area contributed by atoms with Gasteiger partial charge in [0.25, 0.3) is 11.8 Å². The lowest BCUT2D eigenvalue weighted by molar-refractivity contribution is -0.232. The first-order chi connectivity index (χ1) is 17.0. The Bertz CT molecular complexity index is 1330. The Balaban J connectivity index is 1.63. The van der Waals surface area contributed by atoms with Crippen LogP contribution < -0.4 is 11.2 Å². The normalized spacial score (nSPS) is 29.9. The van der Waals surface area contributed by atoms with E-state index < -0.39 is 64.0 Å². The van der Waals surface area contributed by atoms with E-state index in [4.69, 9.17) is 10.6 Å². The summed E-state index contributed by atoms with van der Waals surface area (Å²) < 4.78 is 29.1. The second-order valence-electron chi connectivity index (χ2n) is 9.74. The number of carbonyl (C=O) groups is 2. The number of nitrogens with zero attached hydrogens (tertiary/aromatic N) is 3. The number of hydrogen-bond donors (Lipinski definition) is 3. The molecule has 2 bridgehead atoms. The zero-order chi connectivity index (χ0) is 26.1. The van der Waals surface area contributed by atoms with Crippen molar-refractivity contribution >= 4 is 11.8 Å². The number of fused-ring (bicyclic) bond motifs is 5. The van der Waals surface area contributed by atoms with Crippen LogP contribution in [0, 0.1) is 11.6 Å². The molecule has 2 aromatic rings. The Kier molecular flexibility index (Phi) is 5.65. The second-order valence-corrected chi connectivity index (χ2v) is 9.74. The minimum atomic E-state index is -1.36. The minimum absolute atomic E-state index is 0.0655. The van der Waals surface area contributed by atoms with E-state index in [1.165, 1.54) is 20.6 Å². The Morgan fingerprint density at radius 2 is 2.00 bits per heavy atom. The van der Waals surface area contributed by atoms with E-state index in [9.17, 15) is 33.4 Å². The zero-order valence-electron chi connectivity index (χ0n) is 19.6. The van der Waals surface area contributed by atoms with Gasteiger partial charge in [-0.15, -0.1) is 0 Å². The maximum atomic E-state index is 14.4. The molecule has 4 N–H and O–H groups in total. The van der Waals surface area contributed by atoms with Gasteiger partial charge in [-0.05, 0) is 32.8 Å². The molecule has 12 heteroatoms. The van der Waals surface area contributed by atoms with Gasteiger partial charge in [-0.1, -0.05) is 6.07 Å². The summed E-state index contributed by atoms with van der Waals surface area (Å²) >= 11 is 0. The molecule has 2 amide bonds. The fourth-order valence-electron chi connectivity index (χ4n) is 5.64. The average Bonchev–Trinajstić information content (AvgIpc) is 2.97. The number of halogens is 2. The molecule has 192 valence electrons. The molecule has 5 rings (SSSR count). The van der Waals surface area contributed by atoms with Crippen LogP contribution in [0.2, 0.25) is 0 Å². The summed E-state index contributed by atoms with van der Waals surface area (Å²) in [4.78, 5) is 45.6. The number of benzene rings is 1. The average molecular weight is 504 g/mol. The van der Waals surface area contributed by atoms with Crippen molar-refractivity contribution in [2.75, 3.05) is 6.54 Å². The molecule has 5 atom stereocenters. The molecule has 2 fully saturated rings. The van der Waals surface area contributed by atoms with E-state index in [2.05, 4.69) is 0 Å². The number of aromatic hydroxyl groups is 1. The van der Waals surface area contributed by atoms with Crippen LogP contribution in [0.4, 0.5) is 8.78 Å². The largest absolute Gasteiger partial charge is 0.503 e. The summed E-state index contributed by atoms with van der Waals surface area (Å²) in [6, 6.07) is 1.42. The summed E-state index contributed by atoms with van der Waals surface area (Å²) in [7, 11) is 0. The monoisotopic (exact) mass is 504 g/mol. The number of pyridine rings is 1. The molecule has 1 unspecified atom stereocenters. The van der Waals surface area contributed by atoms with Gasteiger partial charge in [-0.25, -0.2) is 8.78 Å². The Morgan fingerprint density at radius 1 is 1.28 bits per heavy atom. The van der Waals surface area contributed by atoms with Crippen molar-refractivity contribution in [2.45, 2.75) is 63.1 Å². The third-order valence-electron chi connectivity index (χ3n) is 7.73. The molecule has 1 aromatic carbocycles. The SMILES string of the molecule is CC1[C@H](O)[C@]2(CC[C@H](C)N3C[C@H]2n2cc(C(N)=O)c(=O)c(O)c2C3=O)ON1Cc1ccc(F)cc1F. The first-order valence-electron chi connectivity index (χ1n) is 11.6. The minimum Gasteiger partial charge on any atom is -0.503 e. The molecule has 0 aliphatic carbocycles. The fraction of sp³-hybridized carbons (Fsp3) is 0.458. The van der Waals surface area contributed by atoms with Crippen molar-refractivity contribution in [1.29, 1.82) is 0 Å². The van der Waals surface area contributed by atoms with Crippen LogP contribution in [0.1, 0.15) is 59.1 Å². The smallest absolute Gasteiger partial charge is 0.274 e.